The number of benzene rings is 1. The van der Waals surface area contributed by atoms with Gasteiger partial charge in [0, 0.05) is 23.8 Å². The third-order valence-corrected chi connectivity index (χ3v) is 5.48. The molecule has 4 nitrogen and oxygen atoms in total. The van der Waals surface area contributed by atoms with Crippen molar-refractivity contribution in [1.82, 2.24) is 4.48 Å². The predicted octanol–water partition coefficient (Wildman–Crippen LogP) is 3.91. The fourth-order valence-electron chi connectivity index (χ4n) is 2.52. The van der Waals surface area contributed by atoms with Gasteiger partial charge in [0.05, 0.1) is 16.7 Å². The molecule has 1 aromatic carbocycles. The first kappa shape index (κ1) is 16.9. The summed E-state index contributed by atoms with van der Waals surface area (Å²) in [6.45, 7) is 0. The number of quaternary nitrogens is 1. The van der Waals surface area contributed by atoms with E-state index in [1.54, 1.807) is 16.8 Å². The number of rotatable bonds is 3. The summed E-state index contributed by atoms with van der Waals surface area (Å²) in [6, 6.07) is 6.25. The van der Waals surface area contributed by atoms with Gasteiger partial charge in [-0.25, -0.2) is 8.42 Å². The highest BCUT2D eigenvalue weighted by Gasteiger charge is 2.61. The van der Waals surface area contributed by atoms with Gasteiger partial charge < -0.3 is 0 Å². The molecule has 0 fully saturated rings. The zero-order valence-electron chi connectivity index (χ0n) is 12.4. The Kier molecular flexibility index (Phi) is 3.89. The second-order valence-electron chi connectivity index (χ2n) is 5.22. The number of alkyl halides is 3. The number of nitrogens with zero attached hydrogens (tertiary/aromatic N) is 2. The molecule has 1 aliphatic heterocycles. The number of hydrogen-bond donors (Lipinski definition) is 0. The molecule has 1 unspecified atom stereocenters. The van der Waals surface area contributed by atoms with Crippen LogP contribution in [0.2, 0.25) is 0 Å². The van der Waals surface area contributed by atoms with Crippen molar-refractivity contribution in [2.24, 2.45) is 4.99 Å². The van der Waals surface area contributed by atoms with Crippen LogP contribution in [0.4, 0.5) is 18.9 Å². The summed E-state index contributed by atoms with van der Waals surface area (Å²) in [7, 11) is -3.49. The van der Waals surface area contributed by atoms with E-state index in [0.717, 1.165) is 18.7 Å². The van der Waals surface area contributed by atoms with Gasteiger partial charge in [-0.3, -0.25) is 0 Å². The van der Waals surface area contributed by atoms with Gasteiger partial charge in [-0.1, -0.05) is 0 Å². The maximum Gasteiger partial charge on any atom is 0.576 e. The average molecular weight is 373 g/mol. The minimum absolute atomic E-state index is 0.0382. The van der Waals surface area contributed by atoms with Crippen LogP contribution in [-0.2, 0) is 9.84 Å². The number of halogens is 3. The largest absolute Gasteiger partial charge is 0.576 e. The maximum absolute atomic E-state index is 14.0. The van der Waals surface area contributed by atoms with Crippen molar-refractivity contribution in [1.29, 1.82) is 0 Å². The highest BCUT2D eigenvalue weighted by molar-refractivity contribution is 7.90. The summed E-state index contributed by atoms with van der Waals surface area (Å²) in [5.41, 5.74) is 0.239. The molecule has 126 valence electrons. The monoisotopic (exact) mass is 373 g/mol. The Bertz CT molecular complexity index is 915. The molecule has 0 spiro atoms. The van der Waals surface area contributed by atoms with E-state index in [1.807, 2.05) is 0 Å². The summed E-state index contributed by atoms with van der Waals surface area (Å²) in [5.74, 6) is -0.171. The van der Waals surface area contributed by atoms with E-state index in [4.69, 9.17) is 0 Å². The van der Waals surface area contributed by atoms with Crippen LogP contribution in [0.15, 0.2) is 63.4 Å². The minimum Gasteiger partial charge on any atom is -0.224 e. The Morgan fingerprint density at radius 2 is 1.79 bits per heavy atom. The van der Waals surface area contributed by atoms with E-state index in [1.165, 1.54) is 35.6 Å². The van der Waals surface area contributed by atoms with Gasteiger partial charge in [0.1, 0.15) is 6.20 Å². The second kappa shape index (κ2) is 5.54. The Morgan fingerprint density at radius 3 is 2.29 bits per heavy atom. The lowest BCUT2D eigenvalue weighted by molar-refractivity contribution is -0.196. The zero-order chi connectivity index (χ0) is 17.6. The van der Waals surface area contributed by atoms with Crippen molar-refractivity contribution in [2.45, 2.75) is 11.2 Å². The molecule has 1 aromatic heterocycles. The maximum atomic E-state index is 14.0. The van der Waals surface area contributed by atoms with Gasteiger partial charge in [-0.15, -0.1) is 17.7 Å². The van der Waals surface area contributed by atoms with Gasteiger partial charge in [0.15, 0.2) is 15.5 Å². The highest BCUT2D eigenvalue weighted by atomic mass is 32.2. The van der Waals surface area contributed by atoms with Crippen LogP contribution in [-0.4, -0.2) is 26.8 Å². The second-order valence-corrected chi connectivity index (χ2v) is 8.02. The third kappa shape index (κ3) is 2.58. The molecular formula is C15H12F3N2O2S2+. The Balaban J connectivity index is 2.19. The quantitative estimate of drug-likeness (QED) is 0.605. The van der Waals surface area contributed by atoms with Crippen LogP contribution in [0.1, 0.15) is 5.56 Å². The smallest absolute Gasteiger partial charge is 0.224 e. The molecule has 0 aliphatic carbocycles. The predicted molar refractivity (Wildman–Crippen MR) is 87.4 cm³/mol. The van der Waals surface area contributed by atoms with Crippen molar-refractivity contribution < 1.29 is 21.6 Å². The molecule has 0 saturated heterocycles. The van der Waals surface area contributed by atoms with Gasteiger partial charge in [0.25, 0.3) is 5.84 Å². The van der Waals surface area contributed by atoms with Crippen molar-refractivity contribution in [3.05, 3.63) is 59.1 Å². The van der Waals surface area contributed by atoms with Crippen LogP contribution in [0.25, 0.3) is 0 Å². The van der Waals surface area contributed by atoms with Crippen molar-refractivity contribution in [2.75, 3.05) is 6.26 Å². The standard InChI is InChI=1S/C15H12F3N2O2S2/c1-24(21,22)13-4-2-12(3-5-13)20(15(16,17)18)8-7-19-14(20)11-6-9-23-10-11/h2-10H,1H3/q+1. The fraction of sp³-hybridized carbons (Fsp3) is 0.133. The van der Waals surface area contributed by atoms with E-state index < -0.39 is 20.6 Å². The van der Waals surface area contributed by atoms with Crippen LogP contribution < -0.4 is 4.48 Å². The molecule has 9 heteroatoms. The molecule has 2 aromatic rings. The van der Waals surface area contributed by atoms with Crippen LogP contribution in [0, 0.1) is 0 Å². The molecule has 0 N–H and O–H groups in total. The van der Waals surface area contributed by atoms with E-state index in [-0.39, 0.29) is 16.4 Å². The van der Waals surface area contributed by atoms with E-state index in [2.05, 4.69) is 4.99 Å². The van der Waals surface area contributed by atoms with Crippen LogP contribution in [0.5, 0.6) is 0 Å². The van der Waals surface area contributed by atoms with Gasteiger partial charge in [0.2, 0.25) is 0 Å². The summed E-state index contributed by atoms with van der Waals surface area (Å²) in [5, 5.41) is 3.27. The minimum atomic E-state index is -4.68. The fourth-order valence-corrected chi connectivity index (χ4v) is 3.79. The lowest BCUT2D eigenvalue weighted by Gasteiger charge is -2.32. The summed E-state index contributed by atoms with van der Waals surface area (Å²) in [4.78, 5) is 3.88. The SMILES string of the molecule is CS(=O)(=O)c1ccc([N+]2(C(F)(F)F)C=CN=C2c2ccsc2)cc1. The Labute approximate surface area is 140 Å². The molecule has 2 heterocycles. The number of hydrogen-bond acceptors (Lipinski definition) is 4. The lowest BCUT2D eigenvalue weighted by Crippen LogP contribution is -2.58. The van der Waals surface area contributed by atoms with Gasteiger partial charge in [-0.05, 0) is 23.6 Å². The molecule has 3 rings (SSSR count). The lowest BCUT2D eigenvalue weighted by atomic mass is 10.2. The first-order valence-corrected chi connectivity index (χ1v) is 9.54. The highest BCUT2D eigenvalue weighted by Crippen LogP contribution is 2.42. The Hall–Kier alpha value is -1.97. The molecule has 1 aliphatic rings. The number of thiophene rings is 1. The molecular weight excluding hydrogens is 361 g/mol. The molecule has 1 atom stereocenters. The zero-order valence-corrected chi connectivity index (χ0v) is 14.0. The first-order chi connectivity index (χ1) is 11.2. The number of aliphatic imine (C=N–C) groups is 1. The Morgan fingerprint density at radius 1 is 1.12 bits per heavy atom. The topological polar surface area (TPSA) is 46.5 Å². The van der Waals surface area contributed by atoms with E-state index in [0.29, 0.717) is 5.56 Å². The van der Waals surface area contributed by atoms with Gasteiger partial charge >= 0.3 is 6.30 Å². The molecule has 24 heavy (non-hydrogen) atoms. The molecule has 0 radical (unpaired) electrons. The summed E-state index contributed by atoms with van der Waals surface area (Å²) < 4.78 is 63.5. The third-order valence-electron chi connectivity index (χ3n) is 3.67. The molecule has 0 amide bonds. The normalized spacial score (nSPS) is 21.1. The van der Waals surface area contributed by atoms with Crippen LogP contribution in [0.3, 0.4) is 0 Å². The van der Waals surface area contributed by atoms with Crippen molar-refractivity contribution in [3.8, 4) is 0 Å². The average Bonchev–Trinajstić information content (AvgIpc) is 3.15. The van der Waals surface area contributed by atoms with Crippen LogP contribution >= 0.6 is 11.3 Å². The number of amidine groups is 1. The van der Waals surface area contributed by atoms with E-state index >= 15 is 0 Å². The van der Waals surface area contributed by atoms with E-state index in [9.17, 15) is 21.6 Å². The van der Waals surface area contributed by atoms with Gasteiger partial charge in [-0.2, -0.15) is 16.3 Å². The summed E-state index contributed by atoms with van der Waals surface area (Å²) >= 11 is 1.27. The molecule has 0 saturated carbocycles. The van der Waals surface area contributed by atoms with Crippen molar-refractivity contribution >= 4 is 32.7 Å². The first-order valence-electron chi connectivity index (χ1n) is 6.71. The summed E-state index contributed by atoms with van der Waals surface area (Å²) in [6.07, 6.45) is -1.61. The van der Waals surface area contributed by atoms with Crippen molar-refractivity contribution in [3.63, 3.8) is 0 Å². The number of sulfone groups is 1. The molecule has 0 bridgehead atoms.